The summed E-state index contributed by atoms with van der Waals surface area (Å²) in [7, 11) is 0. The van der Waals surface area contributed by atoms with Crippen LogP contribution in [0.3, 0.4) is 0 Å². The van der Waals surface area contributed by atoms with Gasteiger partial charge in [0.05, 0.1) is 5.97 Å². The fraction of sp³-hybridized carbons (Fsp3) is 0.500. The second-order valence-corrected chi connectivity index (χ2v) is 1.55. The van der Waals surface area contributed by atoms with Crippen molar-refractivity contribution < 1.29 is 145 Å². The molecule has 0 saturated heterocycles. The first-order valence-corrected chi connectivity index (χ1v) is 2.26. The number of rotatable bonds is 3. The molecule has 0 radical (unpaired) electrons. The minimum absolute atomic E-state index is 0. The minimum atomic E-state index is -2.38. The number of hydrogen-bond donors (Lipinski definition) is 3. The van der Waals surface area contributed by atoms with Crippen LogP contribution < -0.4 is 120 Å². The molecule has 0 amide bonds. The molecule has 0 aliphatic rings. The number of aliphatic hydroxyl groups is 2. The summed E-state index contributed by atoms with van der Waals surface area (Å²) in [5.74, 6) is -3.83. The molecular formula is C4H5ClK2O6. The number of carboxylic acids is 2. The molecule has 0 aromatic heterocycles. The van der Waals surface area contributed by atoms with Crippen molar-refractivity contribution in [3.63, 3.8) is 0 Å². The summed E-state index contributed by atoms with van der Waals surface area (Å²) >= 11 is 0. The van der Waals surface area contributed by atoms with Crippen LogP contribution in [0.1, 0.15) is 0 Å². The van der Waals surface area contributed by atoms with Gasteiger partial charge in [-0.2, -0.15) is 0 Å². The minimum Gasteiger partial charge on any atom is -1.00 e. The molecule has 0 aromatic rings. The predicted molar refractivity (Wildman–Crippen MR) is 24.7 cm³/mol. The van der Waals surface area contributed by atoms with Gasteiger partial charge in [-0.3, -0.25) is 0 Å². The molecule has 2 unspecified atom stereocenters. The number of carbonyl (C=O) groups excluding carboxylic acids is 1. The van der Waals surface area contributed by atoms with Crippen molar-refractivity contribution in [3.8, 4) is 0 Å². The number of hydrogen-bond acceptors (Lipinski definition) is 5. The van der Waals surface area contributed by atoms with E-state index in [0.29, 0.717) is 0 Å². The second kappa shape index (κ2) is 12.5. The quantitative estimate of drug-likeness (QED) is 0.435. The van der Waals surface area contributed by atoms with Crippen molar-refractivity contribution in [3.05, 3.63) is 0 Å². The Bertz CT molecular complexity index is 147. The third kappa shape index (κ3) is 10.7. The molecule has 0 aromatic carbocycles. The van der Waals surface area contributed by atoms with E-state index in [0.717, 1.165) is 0 Å². The summed E-state index contributed by atoms with van der Waals surface area (Å²) < 4.78 is 0. The standard InChI is InChI=1S/C4H6O6.ClH.2K/c5-1(3(7)8)2(6)4(9)10;;;/h1-2,5-6H,(H,7,8)(H,9,10);1H;;/q;;2*+1/p-2. The average Bonchev–Trinajstić information content (AvgIpc) is 1.84. The van der Waals surface area contributed by atoms with Gasteiger partial charge in [0.25, 0.3) is 0 Å². The van der Waals surface area contributed by atoms with Crippen LogP contribution in [0.15, 0.2) is 0 Å². The van der Waals surface area contributed by atoms with E-state index in [-0.39, 0.29) is 115 Å². The number of halogens is 1. The number of carbonyl (C=O) groups is 2. The van der Waals surface area contributed by atoms with Crippen molar-refractivity contribution in [1.82, 2.24) is 0 Å². The maximum atomic E-state index is 9.74. The fourth-order valence-electron chi connectivity index (χ4n) is 0.264. The molecule has 0 bridgehead atoms. The van der Waals surface area contributed by atoms with Gasteiger partial charge in [-0.25, -0.2) is 4.79 Å². The van der Waals surface area contributed by atoms with Gasteiger partial charge in [-0.1, -0.05) is 0 Å². The molecule has 66 valence electrons. The molecule has 0 aliphatic heterocycles. The van der Waals surface area contributed by atoms with Gasteiger partial charge >= 0.3 is 109 Å². The first-order valence-electron chi connectivity index (χ1n) is 2.26. The van der Waals surface area contributed by atoms with Crippen molar-refractivity contribution in [2.75, 3.05) is 0 Å². The van der Waals surface area contributed by atoms with E-state index in [1.165, 1.54) is 0 Å². The van der Waals surface area contributed by atoms with Crippen molar-refractivity contribution in [1.29, 1.82) is 0 Å². The van der Waals surface area contributed by atoms with Gasteiger partial charge in [-0.05, 0) is 0 Å². The summed E-state index contributed by atoms with van der Waals surface area (Å²) in [6.07, 6.45) is -4.71. The van der Waals surface area contributed by atoms with E-state index in [1.807, 2.05) is 0 Å². The average molecular weight is 263 g/mol. The van der Waals surface area contributed by atoms with E-state index in [1.54, 1.807) is 0 Å². The topological polar surface area (TPSA) is 118 Å². The Morgan fingerprint density at radius 3 is 1.46 bits per heavy atom. The Morgan fingerprint density at radius 2 is 1.38 bits per heavy atom. The Kier molecular flexibility index (Phi) is 23.6. The summed E-state index contributed by atoms with van der Waals surface area (Å²) in [6.45, 7) is 0. The fourth-order valence-corrected chi connectivity index (χ4v) is 0.264. The zero-order valence-corrected chi connectivity index (χ0v) is 14.1. The molecule has 0 rings (SSSR count). The van der Waals surface area contributed by atoms with Crippen LogP contribution >= 0.6 is 0 Å². The van der Waals surface area contributed by atoms with E-state index < -0.39 is 24.1 Å². The predicted octanol–water partition coefficient (Wildman–Crippen LogP) is -12.4. The van der Waals surface area contributed by atoms with E-state index in [9.17, 15) is 14.7 Å². The molecule has 0 fully saturated rings. The van der Waals surface area contributed by atoms with Crippen molar-refractivity contribution in [2.45, 2.75) is 12.2 Å². The van der Waals surface area contributed by atoms with E-state index in [4.69, 9.17) is 15.3 Å². The molecular weight excluding hydrogens is 258 g/mol. The molecule has 2 atom stereocenters. The van der Waals surface area contributed by atoms with Gasteiger partial charge in [0.15, 0.2) is 6.10 Å². The van der Waals surface area contributed by atoms with E-state index in [2.05, 4.69) is 0 Å². The number of aliphatic carboxylic acids is 2. The summed E-state index contributed by atoms with van der Waals surface area (Å²) in [5.41, 5.74) is 0. The Balaban J connectivity index is -0.000000135. The SMILES string of the molecule is O=C([O-])C(O)C(O)C(=O)O.[Cl-].[K+].[K+]. The van der Waals surface area contributed by atoms with Crippen molar-refractivity contribution >= 4 is 11.9 Å². The van der Waals surface area contributed by atoms with Gasteiger partial charge in [-0.15, -0.1) is 0 Å². The van der Waals surface area contributed by atoms with Crippen LogP contribution in [-0.4, -0.2) is 39.5 Å². The molecule has 3 N–H and O–H groups in total. The van der Waals surface area contributed by atoms with Gasteiger partial charge in [0.2, 0.25) is 0 Å². The number of aliphatic hydroxyl groups excluding tert-OH is 2. The van der Waals surface area contributed by atoms with E-state index >= 15 is 0 Å². The van der Waals surface area contributed by atoms with Crippen LogP contribution in [0.2, 0.25) is 0 Å². The third-order valence-corrected chi connectivity index (χ3v) is 0.794. The first kappa shape index (κ1) is 24.6. The summed E-state index contributed by atoms with van der Waals surface area (Å²) in [4.78, 5) is 19.4. The first-order chi connectivity index (χ1) is 4.46. The summed E-state index contributed by atoms with van der Waals surface area (Å²) in [6, 6.07) is 0. The monoisotopic (exact) mass is 262 g/mol. The molecule has 0 aliphatic carbocycles. The third-order valence-electron chi connectivity index (χ3n) is 0.794. The Hall–Kier alpha value is 2.42. The molecule has 13 heavy (non-hydrogen) atoms. The normalized spacial score (nSPS) is 12.2. The van der Waals surface area contributed by atoms with Crippen LogP contribution in [0.4, 0.5) is 0 Å². The second-order valence-electron chi connectivity index (χ2n) is 1.55. The molecule has 6 nitrogen and oxygen atoms in total. The van der Waals surface area contributed by atoms with Crippen LogP contribution in [0, 0.1) is 0 Å². The maximum Gasteiger partial charge on any atom is 1.00 e. The number of carboxylic acid groups (broad SMARTS) is 2. The van der Waals surface area contributed by atoms with Crippen LogP contribution in [0.25, 0.3) is 0 Å². The molecule has 0 saturated carbocycles. The molecule has 0 heterocycles. The maximum absolute atomic E-state index is 9.74. The molecule has 9 heteroatoms. The smallest absolute Gasteiger partial charge is 1.00 e. The summed E-state index contributed by atoms with van der Waals surface area (Å²) in [5, 5.41) is 34.1. The zero-order chi connectivity index (χ0) is 8.31. The Labute approximate surface area is 165 Å². The van der Waals surface area contributed by atoms with Crippen LogP contribution in [0.5, 0.6) is 0 Å². The Morgan fingerprint density at radius 1 is 1.08 bits per heavy atom. The van der Waals surface area contributed by atoms with Gasteiger partial charge < -0.3 is 37.6 Å². The largest absolute Gasteiger partial charge is 1.00 e. The van der Waals surface area contributed by atoms with Gasteiger partial charge in [0, 0.05) is 0 Å². The zero-order valence-electron chi connectivity index (χ0n) is 7.10. The molecule has 0 spiro atoms. The van der Waals surface area contributed by atoms with Gasteiger partial charge in [0.1, 0.15) is 6.10 Å². The van der Waals surface area contributed by atoms with Crippen LogP contribution in [-0.2, 0) is 9.59 Å². The van der Waals surface area contributed by atoms with Crippen molar-refractivity contribution in [2.24, 2.45) is 0 Å².